The van der Waals surface area contributed by atoms with Gasteiger partial charge in [0.25, 0.3) is 0 Å². The molecule has 31 heavy (non-hydrogen) atoms. The number of amides is 1. The molecule has 4 rings (SSSR count). The minimum absolute atomic E-state index is 0.0782. The van der Waals surface area contributed by atoms with Gasteiger partial charge in [-0.05, 0) is 41.0 Å². The highest BCUT2D eigenvalue weighted by atomic mass is 79.9. The minimum atomic E-state index is -0.135. The Balaban J connectivity index is 1.64. The van der Waals surface area contributed by atoms with Gasteiger partial charge in [0, 0.05) is 10.0 Å². The average Bonchev–Trinajstić information content (AvgIpc) is 3.09. The number of thioether (sulfide) groups is 1. The van der Waals surface area contributed by atoms with Crippen LogP contribution in [0.25, 0.3) is 10.8 Å². The van der Waals surface area contributed by atoms with Crippen molar-refractivity contribution >= 4 is 55.8 Å². The second-order valence-electron chi connectivity index (χ2n) is 7.09. The van der Waals surface area contributed by atoms with Crippen molar-refractivity contribution in [2.45, 2.75) is 25.1 Å². The molecule has 1 heterocycles. The lowest BCUT2D eigenvalue weighted by atomic mass is 10.0. The molecule has 158 valence electrons. The molecule has 1 aliphatic heterocycles. The third-order valence-corrected chi connectivity index (χ3v) is 6.96. The van der Waals surface area contributed by atoms with Crippen LogP contribution < -0.4 is 4.74 Å². The minimum Gasteiger partial charge on any atom is -0.496 e. The summed E-state index contributed by atoms with van der Waals surface area (Å²) >= 11 is 4.94. The lowest BCUT2D eigenvalue weighted by Gasteiger charge is -2.17. The smallest absolute Gasteiger partial charge is 0.242 e. The maximum absolute atomic E-state index is 13.0. The largest absolute Gasteiger partial charge is 0.496 e. The lowest BCUT2D eigenvalue weighted by molar-refractivity contribution is -0.126. The first-order chi connectivity index (χ1) is 15.1. The number of amidine groups is 1. The molecule has 0 bridgehead atoms. The predicted octanol–water partition coefficient (Wildman–Crippen LogP) is 5.86. The van der Waals surface area contributed by atoms with Crippen LogP contribution in [-0.4, -0.2) is 34.5 Å². The van der Waals surface area contributed by atoms with Crippen molar-refractivity contribution in [3.05, 3.63) is 76.3 Å². The summed E-state index contributed by atoms with van der Waals surface area (Å²) in [6, 6.07) is 20.1. The first kappa shape index (κ1) is 21.6. The van der Waals surface area contributed by atoms with Crippen LogP contribution in [0.4, 0.5) is 0 Å². The Morgan fingerprint density at radius 1 is 1.16 bits per heavy atom. The number of benzene rings is 3. The third-order valence-electron chi connectivity index (χ3n) is 5.13. The van der Waals surface area contributed by atoms with E-state index in [9.17, 15) is 4.79 Å². The summed E-state index contributed by atoms with van der Waals surface area (Å²) in [5, 5.41) is 11.5. The van der Waals surface area contributed by atoms with Crippen LogP contribution in [0, 0.1) is 0 Å². The molecule has 0 aliphatic carbocycles. The van der Waals surface area contributed by atoms with Gasteiger partial charge in [0.2, 0.25) is 5.91 Å². The van der Waals surface area contributed by atoms with E-state index in [0.717, 1.165) is 32.8 Å². The van der Waals surface area contributed by atoms with Crippen LogP contribution in [-0.2, 0) is 11.3 Å². The number of ether oxygens (including phenoxy) is 1. The second kappa shape index (κ2) is 9.66. The van der Waals surface area contributed by atoms with Gasteiger partial charge in [-0.25, -0.2) is 0 Å². The third kappa shape index (κ3) is 4.67. The number of hydrogen-bond acceptors (Lipinski definition) is 5. The Hall–Kier alpha value is -2.64. The van der Waals surface area contributed by atoms with E-state index in [1.165, 1.54) is 11.8 Å². The SMILES string of the molecule is CCC1S/C(=N/N=C/c2cc(Br)ccc2OC)N(Cc2cccc3ccccc23)C1=O. The molecule has 0 saturated carbocycles. The van der Waals surface area contributed by atoms with Gasteiger partial charge in [-0.15, -0.1) is 5.10 Å². The predicted molar refractivity (Wildman–Crippen MR) is 132 cm³/mol. The Morgan fingerprint density at radius 3 is 2.77 bits per heavy atom. The van der Waals surface area contributed by atoms with Crippen molar-refractivity contribution in [3.63, 3.8) is 0 Å². The van der Waals surface area contributed by atoms with Crippen molar-refractivity contribution in [3.8, 4) is 5.75 Å². The molecule has 0 radical (unpaired) electrons. The summed E-state index contributed by atoms with van der Waals surface area (Å²) < 4.78 is 6.31. The summed E-state index contributed by atoms with van der Waals surface area (Å²) in [7, 11) is 1.62. The first-order valence-corrected chi connectivity index (χ1v) is 11.7. The molecule has 3 aromatic rings. The zero-order valence-electron chi connectivity index (χ0n) is 17.3. The van der Waals surface area contributed by atoms with Gasteiger partial charge < -0.3 is 4.74 Å². The van der Waals surface area contributed by atoms with Crippen LogP contribution in [0.2, 0.25) is 0 Å². The molecule has 1 aliphatic rings. The van der Waals surface area contributed by atoms with E-state index in [0.29, 0.717) is 17.5 Å². The van der Waals surface area contributed by atoms with Gasteiger partial charge in [0.05, 0.1) is 25.1 Å². The number of methoxy groups -OCH3 is 1. The highest BCUT2D eigenvalue weighted by Crippen LogP contribution is 2.32. The standard InChI is InChI=1S/C24H22BrN3O2S/c1-3-22-23(29)28(15-17-9-6-8-16-7-4-5-10-20(16)17)24(31-22)27-26-14-18-13-19(25)11-12-21(18)30-2/h4-14,22H,3,15H2,1-2H3/b26-14+,27-24+. The van der Waals surface area contributed by atoms with Crippen LogP contribution in [0.5, 0.6) is 5.75 Å². The summed E-state index contributed by atoms with van der Waals surface area (Å²) in [6.45, 7) is 2.49. The van der Waals surface area contributed by atoms with Crippen molar-refractivity contribution < 1.29 is 9.53 Å². The van der Waals surface area contributed by atoms with Gasteiger partial charge in [-0.3, -0.25) is 9.69 Å². The Morgan fingerprint density at radius 2 is 1.97 bits per heavy atom. The summed E-state index contributed by atoms with van der Waals surface area (Å²) in [6.07, 6.45) is 2.40. The zero-order valence-corrected chi connectivity index (χ0v) is 19.7. The summed E-state index contributed by atoms with van der Waals surface area (Å²) in [4.78, 5) is 14.8. The number of carbonyl (C=O) groups excluding carboxylic acids is 1. The number of carbonyl (C=O) groups is 1. The van der Waals surface area contributed by atoms with Gasteiger partial charge in [0.1, 0.15) is 5.75 Å². The van der Waals surface area contributed by atoms with Gasteiger partial charge >= 0.3 is 0 Å². The fourth-order valence-corrected chi connectivity index (χ4v) is 4.94. The van der Waals surface area contributed by atoms with E-state index < -0.39 is 0 Å². The quantitative estimate of drug-likeness (QED) is 0.318. The molecule has 1 saturated heterocycles. The fourth-order valence-electron chi connectivity index (χ4n) is 3.54. The van der Waals surface area contributed by atoms with Crippen LogP contribution >= 0.6 is 27.7 Å². The van der Waals surface area contributed by atoms with E-state index in [4.69, 9.17) is 4.74 Å². The van der Waals surface area contributed by atoms with Crippen LogP contribution in [0.3, 0.4) is 0 Å². The number of fused-ring (bicyclic) bond motifs is 1. The molecule has 0 N–H and O–H groups in total. The van der Waals surface area contributed by atoms with Crippen molar-refractivity contribution in [1.82, 2.24) is 4.90 Å². The maximum Gasteiger partial charge on any atom is 0.242 e. The van der Waals surface area contributed by atoms with E-state index >= 15 is 0 Å². The number of nitrogens with zero attached hydrogens (tertiary/aromatic N) is 3. The molecule has 1 atom stereocenters. The van der Waals surface area contributed by atoms with E-state index in [1.54, 1.807) is 18.2 Å². The first-order valence-electron chi connectivity index (χ1n) is 10.00. The van der Waals surface area contributed by atoms with E-state index in [-0.39, 0.29) is 11.2 Å². The van der Waals surface area contributed by atoms with Gasteiger partial charge in [-0.2, -0.15) is 5.10 Å². The average molecular weight is 496 g/mol. The van der Waals surface area contributed by atoms with Crippen molar-refractivity contribution in [1.29, 1.82) is 0 Å². The molecule has 1 fully saturated rings. The van der Waals surface area contributed by atoms with Crippen molar-refractivity contribution in [2.75, 3.05) is 7.11 Å². The fraction of sp³-hybridized carbons (Fsp3) is 0.208. The number of rotatable bonds is 6. The Kier molecular flexibility index (Phi) is 6.73. The van der Waals surface area contributed by atoms with Crippen LogP contribution in [0.1, 0.15) is 24.5 Å². The highest BCUT2D eigenvalue weighted by molar-refractivity contribution is 9.10. The van der Waals surface area contributed by atoms with Gasteiger partial charge in [0.15, 0.2) is 5.17 Å². The van der Waals surface area contributed by atoms with Crippen molar-refractivity contribution in [2.24, 2.45) is 10.2 Å². The summed E-state index contributed by atoms with van der Waals surface area (Å²) in [5.74, 6) is 0.788. The highest BCUT2D eigenvalue weighted by Gasteiger charge is 2.37. The molecule has 7 heteroatoms. The zero-order chi connectivity index (χ0) is 21.8. The number of halogens is 1. The normalized spacial score (nSPS) is 17.9. The molecule has 5 nitrogen and oxygen atoms in total. The van der Waals surface area contributed by atoms with Crippen LogP contribution in [0.15, 0.2) is 75.3 Å². The topological polar surface area (TPSA) is 54.3 Å². The Labute approximate surface area is 194 Å². The molecular formula is C24H22BrN3O2S. The molecule has 1 amide bonds. The number of hydrogen-bond donors (Lipinski definition) is 0. The molecule has 3 aromatic carbocycles. The van der Waals surface area contributed by atoms with E-state index in [1.807, 2.05) is 43.3 Å². The molecule has 0 spiro atoms. The second-order valence-corrected chi connectivity index (χ2v) is 9.18. The summed E-state index contributed by atoms with van der Waals surface area (Å²) in [5.41, 5.74) is 1.90. The van der Waals surface area contributed by atoms with Gasteiger partial charge in [-0.1, -0.05) is 77.1 Å². The molecule has 1 unspecified atom stereocenters. The molecule has 0 aromatic heterocycles. The monoisotopic (exact) mass is 495 g/mol. The maximum atomic E-state index is 13.0. The Bertz CT molecular complexity index is 1170. The lowest BCUT2D eigenvalue weighted by Crippen LogP contribution is -2.31. The van der Waals surface area contributed by atoms with E-state index in [2.05, 4.69) is 50.4 Å². The molecular weight excluding hydrogens is 474 g/mol.